The number of benzene rings is 4. The van der Waals surface area contributed by atoms with Crippen molar-refractivity contribution >= 4 is 5.97 Å². The molecule has 0 saturated heterocycles. The Bertz CT molecular complexity index is 1510. The van der Waals surface area contributed by atoms with E-state index in [1.54, 1.807) is 13.0 Å². The van der Waals surface area contributed by atoms with Crippen LogP contribution in [0.15, 0.2) is 97.1 Å². The van der Waals surface area contributed by atoms with Gasteiger partial charge < -0.3 is 14.6 Å². The lowest BCUT2D eigenvalue weighted by Crippen LogP contribution is -2.13. The molecule has 0 spiro atoms. The Balaban J connectivity index is 1.48. The summed E-state index contributed by atoms with van der Waals surface area (Å²) in [4.78, 5) is 11.7. The van der Waals surface area contributed by atoms with Crippen molar-refractivity contribution in [3.8, 4) is 39.1 Å². The van der Waals surface area contributed by atoms with Crippen molar-refractivity contribution in [1.82, 2.24) is 0 Å². The lowest BCUT2D eigenvalue weighted by Gasteiger charge is -2.14. The van der Waals surface area contributed by atoms with Crippen LogP contribution in [0.5, 0.6) is 5.75 Å². The first-order chi connectivity index (χ1) is 20.9. The van der Waals surface area contributed by atoms with Crippen molar-refractivity contribution in [1.29, 1.82) is 0 Å². The van der Waals surface area contributed by atoms with E-state index < -0.39 is 5.97 Å². The predicted octanol–water partition coefficient (Wildman–Crippen LogP) is 8.98. The van der Waals surface area contributed by atoms with Crippen molar-refractivity contribution in [3.63, 3.8) is 0 Å². The summed E-state index contributed by atoms with van der Waals surface area (Å²) in [5.74, 6) is 0.112. The average molecular weight is 581 g/mol. The van der Waals surface area contributed by atoms with Crippen molar-refractivity contribution in [3.05, 3.63) is 114 Å². The molecule has 0 aliphatic carbocycles. The van der Waals surface area contributed by atoms with Gasteiger partial charge in [-0.05, 0) is 83.7 Å². The van der Waals surface area contributed by atoms with E-state index >= 15 is 4.39 Å². The van der Waals surface area contributed by atoms with E-state index in [1.807, 2.05) is 66.7 Å². The summed E-state index contributed by atoms with van der Waals surface area (Å²) in [6.07, 6.45) is 5.82. The summed E-state index contributed by atoms with van der Waals surface area (Å²) < 4.78 is 26.5. The smallest absolute Gasteiger partial charge is 0.333 e. The molecule has 4 aromatic rings. The minimum absolute atomic E-state index is 0.157. The minimum atomic E-state index is -0.418. The van der Waals surface area contributed by atoms with E-state index in [4.69, 9.17) is 14.6 Å². The molecule has 0 aliphatic heterocycles. The standard InChI is InChI=1S/C38H41FO4/c1-4-5-6-9-32-18-19-34(26-37(32)42-23-24-43-38(41)27(2)3)30-16-14-29(15-17-30)33-20-21-35(36(39)25-33)31-12-10-28(11-13-31)8-7-22-40/h10-21,25-26,40H,2,4-9,22-24H2,1,3H3. The number of carbonyl (C=O) groups is 1. The lowest BCUT2D eigenvalue weighted by atomic mass is 9.96. The van der Waals surface area contributed by atoms with Crippen molar-refractivity contribution in [2.24, 2.45) is 0 Å². The predicted molar refractivity (Wildman–Crippen MR) is 173 cm³/mol. The fourth-order valence-electron chi connectivity index (χ4n) is 4.97. The van der Waals surface area contributed by atoms with Gasteiger partial charge in [0.2, 0.25) is 0 Å². The Morgan fingerprint density at radius 3 is 2.02 bits per heavy atom. The molecule has 0 aromatic heterocycles. The van der Waals surface area contributed by atoms with Gasteiger partial charge in [-0.2, -0.15) is 0 Å². The molecular formula is C38H41FO4. The SMILES string of the molecule is C=C(C)C(=O)OCCOc1cc(-c2ccc(-c3ccc(-c4ccc(CCCO)cc4)c(F)c3)cc2)ccc1CCCCC. The lowest BCUT2D eigenvalue weighted by molar-refractivity contribution is -0.139. The molecule has 0 saturated carbocycles. The van der Waals surface area contributed by atoms with Gasteiger partial charge in [-0.15, -0.1) is 0 Å². The van der Waals surface area contributed by atoms with Crippen LogP contribution in [0, 0.1) is 5.82 Å². The zero-order valence-corrected chi connectivity index (χ0v) is 25.2. The zero-order valence-electron chi connectivity index (χ0n) is 25.2. The van der Waals surface area contributed by atoms with E-state index in [2.05, 4.69) is 25.6 Å². The first kappa shape index (κ1) is 31.7. The molecule has 0 aliphatic rings. The molecule has 4 rings (SSSR count). The Morgan fingerprint density at radius 2 is 1.40 bits per heavy atom. The molecule has 0 amide bonds. The first-order valence-electron chi connectivity index (χ1n) is 15.1. The molecule has 0 bridgehead atoms. The van der Waals surface area contributed by atoms with Crippen molar-refractivity contribution in [2.75, 3.05) is 19.8 Å². The van der Waals surface area contributed by atoms with Crippen LogP contribution in [-0.2, 0) is 22.4 Å². The molecule has 43 heavy (non-hydrogen) atoms. The van der Waals surface area contributed by atoms with E-state index in [1.165, 1.54) is 0 Å². The number of aliphatic hydroxyl groups is 1. The fraction of sp³-hybridized carbons (Fsp3) is 0.289. The molecule has 224 valence electrons. The van der Waals surface area contributed by atoms with Gasteiger partial charge in [0.15, 0.2) is 0 Å². The van der Waals surface area contributed by atoms with Crippen LogP contribution < -0.4 is 4.74 Å². The molecule has 4 aromatic carbocycles. The molecule has 0 radical (unpaired) electrons. The van der Waals surface area contributed by atoms with E-state index in [9.17, 15) is 4.79 Å². The second-order valence-electron chi connectivity index (χ2n) is 10.8. The second-order valence-corrected chi connectivity index (χ2v) is 10.8. The van der Waals surface area contributed by atoms with Crippen molar-refractivity contribution < 1.29 is 23.8 Å². The highest BCUT2D eigenvalue weighted by atomic mass is 19.1. The quantitative estimate of drug-likeness (QED) is 0.0866. The van der Waals surface area contributed by atoms with E-state index in [-0.39, 0.29) is 25.6 Å². The number of carbonyl (C=O) groups excluding carboxylic acids is 1. The number of halogens is 1. The summed E-state index contributed by atoms with van der Waals surface area (Å²) in [5.41, 5.74) is 7.81. The number of aryl methyl sites for hydroxylation is 2. The molecule has 0 fully saturated rings. The number of unbranched alkanes of at least 4 members (excludes halogenated alkanes) is 2. The Morgan fingerprint density at radius 1 is 0.767 bits per heavy atom. The van der Waals surface area contributed by atoms with Crippen LogP contribution in [0.3, 0.4) is 0 Å². The summed E-state index contributed by atoms with van der Waals surface area (Å²) in [6, 6.07) is 27.6. The molecule has 4 nitrogen and oxygen atoms in total. The largest absolute Gasteiger partial charge is 0.490 e. The van der Waals surface area contributed by atoms with Gasteiger partial charge in [0.25, 0.3) is 0 Å². The van der Waals surface area contributed by atoms with Gasteiger partial charge in [0, 0.05) is 17.7 Å². The minimum Gasteiger partial charge on any atom is -0.490 e. The Labute approximate surface area is 254 Å². The highest BCUT2D eigenvalue weighted by molar-refractivity contribution is 5.86. The molecular weight excluding hydrogens is 539 g/mol. The zero-order chi connectivity index (χ0) is 30.6. The number of ether oxygens (including phenoxy) is 2. The average Bonchev–Trinajstić information content (AvgIpc) is 3.03. The van der Waals surface area contributed by atoms with Crippen LogP contribution >= 0.6 is 0 Å². The highest BCUT2D eigenvalue weighted by Crippen LogP contribution is 2.32. The van der Waals surface area contributed by atoms with Gasteiger partial charge in [0.1, 0.15) is 24.8 Å². The third-order valence-electron chi connectivity index (χ3n) is 7.45. The van der Waals surface area contributed by atoms with Gasteiger partial charge in [-0.3, -0.25) is 0 Å². The molecule has 1 N–H and O–H groups in total. The Kier molecular flexibility index (Phi) is 11.7. The van der Waals surface area contributed by atoms with Crippen LogP contribution in [0.1, 0.15) is 50.7 Å². The Hall–Kier alpha value is -4.22. The third-order valence-corrected chi connectivity index (χ3v) is 7.45. The van der Waals surface area contributed by atoms with Gasteiger partial charge in [-0.25, -0.2) is 9.18 Å². The first-order valence-corrected chi connectivity index (χ1v) is 15.1. The molecule has 0 atom stereocenters. The third kappa shape index (κ3) is 8.89. The van der Waals surface area contributed by atoms with E-state index in [0.29, 0.717) is 11.1 Å². The second kappa shape index (κ2) is 15.9. The van der Waals surface area contributed by atoms with Crippen LogP contribution in [0.25, 0.3) is 33.4 Å². The van der Waals surface area contributed by atoms with Crippen LogP contribution in [-0.4, -0.2) is 30.9 Å². The fourth-order valence-corrected chi connectivity index (χ4v) is 4.97. The molecule has 0 heterocycles. The normalized spacial score (nSPS) is 10.9. The van der Waals surface area contributed by atoms with E-state index in [0.717, 1.165) is 83.2 Å². The number of aliphatic hydroxyl groups excluding tert-OH is 1. The van der Waals surface area contributed by atoms with Crippen molar-refractivity contribution in [2.45, 2.75) is 52.4 Å². The number of esters is 1. The van der Waals surface area contributed by atoms with Crippen LogP contribution in [0.2, 0.25) is 0 Å². The van der Waals surface area contributed by atoms with Gasteiger partial charge in [0.05, 0.1) is 0 Å². The van der Waals surface area contributed by atoms with Gasteiger partial charge in [-0.1, -0.05) is 99.1 Å². The summed E-state index contributed by atoms with van der Waals surface area (Å²) >= 11 is 0. The summed E-state index contributed by atoms with van der Waals surface area (Å²) in [5, 5.41) is 9.04. The monoisotopic (exact) mass is 580 g/mol. The molecule has 5 heteroatoms. The number of hydrogen-bond donors (Lipinski definition) is 1. The maximum absolute atomic E-state index is 15.2. The maximum atomic E-state index is 15.2. The molecule has 0 unspecified atom stereocenters. The number of hydrogen-bond acceptors (Lipinski definition) is 4. The maximum Gasteiger partial charge on any atom is 0.333 e. The summed E-state index contributed by atoms with van der Waals surface area (Å²) in [7, 11) is 0. The highest BCUT2D eigenvalue weighted by Gasteiger charge is 2.11. The summed E-state index contributed by atoms with van der Waals surface area (Å²) in [6.45, 7) is 8.00. The topological polar surface area (TPSA) is 55.8 Å². The number of rotatable bonds is 15. The van der Waals surface area contributed by atoms with Crippen LogP contribution in [0.4, 0.5) is 4.39 Å². The van der Waals surface area contributed by atoms with Gasteiger partial charge >= 0.3 is 5.97 Å².